The van der Waals surface area contributed by atoms with Crippen LogP contribution < -0.4 is 15.4 Å². The Morgan fingerprint density at radius 2 is 1.59 bits per heavy atom. The summed E-state index contributed by atoms with van der Waals surface area (Å²) in [4.78, 5) is 31.5. The molecule has 0 amide bonds. The molecule has 4 aromatic rings. The van der Waals surface area contributed by atoms with E-state index >= 15 is 0 Å². The number of aromatic nitrogens is 4. The Labute approximate surface area is 194 Å². The van der Waals surface area contributed by atoms with E-state index < -0.39 is 5.97 Å². The normalized spacial score (nSPS) is 11.4. The summed E-state index contributed by atoms with van der Waals surface area (Å²) < 4.78 is 9.13. The number of allylic oxidation sites excluding steroid dienone is 2. The van der Waals surface area contributed by atoms with Crippen molar-refractivity contribution in [3.05, 3.63) is 47.5 Å². The number of aromatic carboxylic acids is 1. The van der Waals surface area contributed by atoms with E-state index in [4.69, 9.17) is 4.74 Å². The molecular weight excluding hydrogens is 440 g/mol. The van der Waals surface area contributed by atoms with Crippen molar-refractivity contribution in [2.24, 2.45) is 0 Å². The summed E-state index contributed by atoms with van der Waals surface area (Å²) in [6.07, 6.45) is 4.51. The number of aromatic hydroxyl groups is 1. The first kappa shape index (κ1) is 22.6. The molecule has 0 aliphatic heterocycles. The molecule has 176 valence electrons. The Morgan fingerprint density at radius 3 is 2.12 bits per heavy atom. The van der Waals surface area contributed by atoms with Gasteiger partial charge in [0.05, 0.1) is 23.7 Å². The van der Waals surface area contributed by atoms with E-state index in [1.165, 1.54) is 25.3 Å². The number of fused-ring (bicyclic) bond motifs is 2. The maximum atomic E-state index is 11.4. The molecule has 0 aliphatic rings. The monoisotopic (exact) mass is 464 g/mol. The highest BCUT2D eigenvalue weighted by Crippen LogP contribution is 2.31. The van der Waals surface area contributed by atoms with Gasteiger partial charge in [0.15, 0.2) is 0 Å². The third-order valence-corrected chi connectivity index (χ3v) is 5.44. The summed E-state index contributed by atoms with van der Waals surface area (Å²) in [7, 11) is 4.95. The zero-order chi connectivity index (χ0) is 24.4. The summed E-state index contributed by atoms with van der Waals surface area (Å²) in [5.41, 5.74) is 2.65. The largest absolute Gasteiger partial charge is 0.506 e. The smallest absolute Gasteiger partial charge is 0.335 e. The van der Waals surface area contributed by atoms with Crippen LogP contribution in [-0.4, -0.2) is 62.8 Å². The van der Waals surface area contributed by atoms with Gasteiger partial charge < -0.3 is 34.7 Å². The van der Waals surface area contributed by atoms with Gasteiger partial charge in [0, 0.05) is 32.7 Å². The number of hydrogen-bond donors (Lipinski definition) is 4. The van der Waals surface area contributed by atoms with Crippen LogP contribution in [0.3, 0.4) is 0 Å². The molecule has 2 aromatic carbocycles. The summed E-state index contributed by atoms with van der Waals surface area (Å²) >= 11 is 0. The van der Waals surface area contributed by atoms with Crippen LogP contribution in [0.2, 0.25) is 0 Å². The van der Waals surface area contributed by atoms with Crippen LogP contribution in [0.15, 0.2) is 36.4 Å². The number of anilines is 2. The van der Waals surface area contributed by atoms with Crippen LogP contribution in [-0.2, 0) is 13.1 Å². The van der Waals surface area contributed by atoms with Crippen LogP contribution in [0.5, 0.6) is 11.5 Å². The summed E-state index contributed by atoms with van der Waals surface area (Å²) in [5, 5.41) is 25.8. The van der Waals surface area contributed by atoms with Gasteiger partial charge in [-0.2, -0.15) is 0 Å². The standard InChI is InChI=1S/C23H24N6O5/c1-24-22-26-15-8-13(12-30)9-17(31)19(15)28(22)6-4-5-7-29-20-16(27-23(29)25-2)10-14(21(32)33)11-18(20)34-3/h4-5,8-12,31H,6-7H2,1-3H3,(H,24,26)(H,25,27)(H,32,33)/b5-4+. The van der Waals surface area contributed by atoms with Crippen LogP contribution in [0.25, 0.3) is 22.1 Å². The van der Waals surface area contributed by atoms with Crippen LogP contribution >= 0.6 is 0 Å². The Hall–Kier alpha value is -4.54. The Morgan fingerprint density at radius 1 is 1.00 bits per heavy atom. The lowest BCUT2D eigenvalue weighted by Gasteiger charge is -2.10. The zero-order valence-electron chi connectivity index (χ0n) is 18.9. The first-order chi connectivity index (χ1) is 16.4. The Balaban J connectivity index is 1.67. The van der Waals surface area contributed by atoms with E-state index in [0.717, 1.165) is 0 Å². The van der Waals surface area contributed by atoms with Crippen molar-refractivity contribution < 1.29 is 24.5 Å². The first-order valence-corrected chi connectivity index (χ1v) is 10.4. The lowest BCUT2D eigenvalue weighted by atomic mass is 10.2. The van der Waals surface area contributed by atoms with E-state index in [9.17, 15) is 19.8 Å². The van der Waals surface area contributed by atoms with Crippen molar-refractivity contribution in [2.45, 2.75) is 13.1 Å². The highest BCUT2D eigenvalue weighted by Gasteiger charge is 2.18. The van der Waals surface area contributed by atoms with Gasteiger partial charge in [0.1, 0.15) is 28.8 Å². The minimum atomic E-state index is -1.06. The molecule has 0 saturated heterocycles. The number of phenolic OH excluding ortho intramolecular Hbond substituents is 1. The number of imidazole rings is 2. The number of methoxy groups -OCH3 is 1. The molecule has 0 saturated carbocycles. The Kier molecular flexibility index (Phi) is 6.09. The number of hydrogen-bond acceptors (Lipinski definition) is 8. The predicted molar refractivity (Wildman–Crippen MR) is 128 cm³/mol. The lowest BCUT2D eigenvalue weighted by molar-refractivity contribution is 0.0696. The number of carbonyl (C=O) groups is 2. The van der Waals surface area contributed by atoms with Gasteiger partial charge in [0.2, 0.25) is 11.9 Å². The second-order valence-corrected chi connectivity index (χ2v) is 7.44. The quantitative estimate of drug-likeness (QED) is 0.217. The molecule has 11 heteroatoms. The molecule has 0 aliphatic carbocycles. The van der Waals surface area contributed by atoms with Gasteiger partial charge in [-0.05, 0) is 24.3 Å². The van der Waals surface area contributed by atoms with Crippen molar-refractivity contribution in [1.29, 1.82) is 0 Å². The van der Waals surface area contributed by atoms with Gasteiger partial charge in [-0.15, -0.1) is 0 Å². The maximum absolute atomic E-state index is 11.4. The van der Waals surface area contributed by atoms with Gasteiger partial charge in [-0.25, -0.2) is 14.8 Å². The highest BCUT2D eigenvalue weighted by atomic mass is 16.5. The molecule has 0 bridgehead atoms. The number of carbonyl (C=O) groups excluding carboxylic acids is 1. The average molecular weight is 464 g/mol. The van der Waals surface area contributed by atoms with Crippen molar-refractivity contribution in [2.75, 3.05) is 31.8 Å². The molecule has 2 aromatic heterocycles. The number of phenols is 1. The van der Waals surface area contributed by atoms with Gasteiger partial charge >= 0.3 is 5.97 Å². The van der Waals surface area contributed by atoms with Crippen molar-refractivity contribution >= 4 is 46.2 Å². The fourth-order valence-electron chi connectivity index (χ4n) is 3.94. The average Bonchev–Trinajstić information content (AvgIpc) is 3.38. The topological polar surface area (TPSA) is 144 Å². The molecule has 34 heavy (non-hydrogen) atoms. The predicted octanol–water partition coefficient (Wildman–Crippen LogP) is 2.95. The molecule has 0 fully saturated rings. The fourth-order valence-corrected chi connectivity index (χ4v) is 3.94. The maximum Gasteiger partial charge on any atom is 0.335 e. The Bertz CT molecular complexity index is 1440. The molecule has 4 N–H and O–H groups in total. The minimum Gasteiger partial charge on any atom is -0.506 e. The molecule has 0 unspecified atom stereocenters. The van der Waals surface area contributed by atoms with Gasteiger partial charge in [-0.3, -0.25) is 4.79 Å². The number of nitrogens with zero attached hydrogens (tertiary/aromatic N) is 4. The SMILES string of the molecule is CNc1nc2cc(C=O)cc(O)c2n1C/C=C/Cn1c(NC)nc2cc(C(=O)O)cc(OC)c21. The number of nitrogens with one attached hydrogen (secondary N) is 2. The molecule has 0 spiro atoms. The molecule has 2 heterocycles. The van der Waals surface area contributed by atoms with Crippen LogP contribution in [0, 0.1) is 0 Å². The fraction of sp³-hybridized carbons (Fsp3) is 0.217. The van der Waals surface area contributed by atoms with Gasteiger partial charge in [-0.1, -0.05) is 12.2 Å². The number of carboxylic acids is 1. The van der Waals surface area contributed by atoms with Crippen molar-refractivity contribution in [1.82, 2.24) is 19.1 Å². The van der Waals surface area contributed by atoms with E-state index in [-0.39, 0.29) is 11.3 Å². The van der Waals surface area contributed by atoms with E-state index in [1.54, 1.807) is 24.7 Å². The van der Waals surface area contributed by atoms with Gasteiger partial charge in [0.25, 0.3) is 0 Å². The number of ether oxygens (including phenoxy) is 1. The van der Waals surface area contributed by atoms with Crippen LogP contribution in [0.4, 0.5) is 11.9 Å². The summed E-state index contributed by atoms with van der Waals surface area (Å²) in [6, 6.07) is 6.01. The molecule has 4 rings (SSSR count). The zero-order valence-corrected chi connectivity index (χ0v) is 18.9. The summed E-state index contributed by atoms with van der Waals surface area (Å²) in [6.45, 7) is 0.834. The second-order valence-electron chi connectivity index (χ2n) is 7.44. The number of rotatable bonds is 9. The van der Waals surface area contributed by atoms with E-state index in [0.29, 0.717) is 64.7 Å². The molecule has 0 atom stereocenters. The highest BCUT2D eigenvalue weighted by molar-refractivity contribution is 5.96. The molecule has 0 radical (unpaired) electrons. The van der Waals surface area contributed by atoms with E-state index in [2.05, 4.69) is 20.6 Å². The number of carboxylic acid groups (broad SMARTS) is 1. The molecular formula is C23H24N6O5. The minimum absolute atomic E-state index is 0.0287. The van der Waals surface area contributed by atoms with Crippen molar-refractivity contribution in [3.8, 4) is 11.5 Å². The number of aldehydes is 1. The van der Waals surface area contributed by atoms with E-state index in [1.807, 2.05) is 16.7 Å². The number of benzene rings is 2. The summed E-state index contributed by atoms with van der Waals surface area (Å²) in [5.74, 6) is 0.427. The second kappa shape index (κ2) is 9.14. The third kappa shape index (κ3) is 3.87. The molecule has 11 nitrogen and oxygen atoms in total. The van der Waals surface area contributed by atoms with Crippen LogP contribution in [0.1, 0.15) is 20.7 Å². The third-order valence-electron chi connectivity index (χ3n) is 5.44. The van der Waals surface area contributed by atoms with Crippen molar-refractivity contribution in [3.63, 3.8) is 0 Å². The first-order valence-electron chi connectivity index (χ1n) is 10.4. The lowest BCUT2D eigenvalue weighted by Crippen LogP contribution is -2.05.